The van der Waals surface area contributed by atoms with E-state index in [0.717, 1.165) is 12.2 Å². The molecule has 1 aromatic carbocycles. The predicted octanol–water partition coefficient (Wildman–Crippen LogP) is 5.27. The summed E-state index contributed by atoms with van der Waals surface area (Å²) in [6, 6.07) is 11.1. The zero-order valence-electron chi connectivity index (χ0n) is 15.1. The maximum absolute atomic E-state index is 10.8. The minimum atomic E-state index is -1.08. The number of benzene rings is 1. The van der Waals surface area contributed by atoms with Crippen molar-refractivity contribution in [1.82, 2.24) is 0 Å². The van der Waals surface area contributed by atoms with E-state index in [-0.39, 0.29) is 23.2 Å². The number of carboxylic acids is 1. The second kappa shape index (κ2) is 6.71. The molecule has 0 bridgehead atoms. The average molecular weight is 330 g/mol. The molecule has 4 heteroatoms. The van der Waals surface area contributed by atoms with Gasteiger partial charge in [0.15, 0.2) is 0 Å². The summed E-state index contributed by atoms with van der Waals surface area (Å²) in [7, 11) is 0. The molecule has 0 radical (unpaired) electrons. The highest BCUT2D eigenvalue weighted by molar-refractivity contribution is 5.84. The molecule has 0 aliphatic rings. The number of furan rings is 1. The molecule has 1 aromatic heterocycles. The molecule has 0 spiro atoms. The molecule has 1 N–H and O–H groups in total. The molecule has 0 unspecified atom stereocenters. The van der Waals surface area contributed by atoms with Crippen molar-refractivity contribution < 1.29 is 19.1 Å². The minimum Gasteiger partial charge on any atom is -0.486 e. The van der Waals surface area contributed by atoms with Crippen LogP contribution in [0.4, 0.5) is 0 Å². The number of hydrogen-bond donors (Lipinski definition) is 1. The van der Waals surface area contributed by atoms with Crippen molar-refractivity contribution in [1.29, 1.82) is 0 Å². The lowest BCUT2D eigenvalue weighted by molar-refractivity contribution is 0.0658. The molecule has 4 nitrogen and oxygen atoms in total. The van der Waals surface area contributed by atoms with Gasteiger partial charge in [0, 0.05) is 0 Å². The molecule has 2 aromatic rings. The maximum atomic E-state index is 10.8. The molecule has 0 saturated carbocycles. The van der Waals surface area contributed by atoms with E-state index >= 15 is 0 Å². The van der Waals surface area contributed by atoms with Crippen molar-refractivity contribution in [2.24, 2.45) is 5.41 Å². The van der Waals surface area contributed by atoms with Crippen LogP contribution in [0.15, 0.2) is 40.8 Å². The van der Waals surface area contributed by atoms with Crippen molar-refractivity contribution in [2.75, 3.05) is 0 Å². The van der Waals surface area contributed by atoms with E-state index in [4.69, 9.17) is 14.3 Å². The van der Waals surface area contributed by atoms with Crippen LogP contribution < -0.4 is 4.74 Å². The third-order valence-electron chi connectivity index (χ3n) is 3.86. The lowest BCUT2D eigenvalue weighted by Gasteiger charge is -2.33. The number of carbonyl (C=O) groups is 1. The summed E-state index contributed by atoms with van der Waals surface area (Å²) in [4.78, 5) is 10.8. The van der Waals surface area contributed by atoms with Crippen molar-refractivity contribution in [2.45, 2.75) is 53.1 Å². The van der Waals surface area contributed by atoms with Gasteiger partial charge in [0.05, 0.1) is 0 Å². The first-order chi connectivity index (χ1) is 11.1. The minimum absolute atomic E-state index is 0.0760. The van der Waals surface area contributed by atoms with Gasteiger partial charge in [-0.2, -0.15) is 0 Å². The lowest BCUT2D eigenvalue weighted by atomic mass is 9.72. The second-order valence-corrected chi connectivity index (χ2v) is 8.01. The van der Waals surface area contributed by atoms with Crippen LogP contribution in [-0.2, 0) is 12.0 Å². The molecule has 1 heterocycles. The van der Waals surface area contributed by atoms with E-state index in [1.807, 2.05) is 12.1 Å². The SMILES string of the molecule is CC(C)(C)CC(C)(C)c1ccc(OCc2ccc(C(=O)O)o2)cc1. The monoisotopic (exact) mass is 330 g/mol. The third kappa shape index (κ3) is 4.88. The van der Waals surface area contributed by atoms with Gasteiger partial charge in [-0.05, 0) is 47.1 Å². The summed E-state index contributed by atoms with van der Waals surface area (Å²) < 4.78 is 10.8. The highest BCUT2D eigenvalue weighted by Gasteiger charge is 2.27. The highest BCUT2D eigenvalue weighted by atomic mass is 16.5. The number of ether oxygens (including phenoxy) is 1. The number of rotatable bonds is 6. The Bertz CT molecular complexity index is 687. The Morgan fingerprint density at radius 1 is 1.04 bits per heavy atom. The molecule has 24 heavy (non-hydrogen) atoms. The lowest BCUT2D eigenvalue weighted by Crippen LogP contribution is -2.24. The summed E-state index contributed by atoms with van der Waals surface area (Å²) in [5.74, 6) is 0.0719. The Kier molecular flexibility index (Phi) is 5.07. The smallest absolute Gasteiger partial charge is 0.371 e. The van der Waals surface area contributed by atoms with Crippen LogP contribution in [0.5, 0.6) is 5.75 Å². The molecule has 2 rings (SSSR count). The Morgan fingerprint density at radius 3 is 2.17 bits per heavy atom. The average Bonchev–Trinajstić information content (AvgIpc) is 2.92. The molecule has 0 saturated heterocycles. The Balaban J connectivity index is 2.00. The van der Waals surface area contributed by atoms with Crippen LogP contribution in [0.2, 0.25) is 0 Å². The number of aromatic carboxylic acids is 1. The van der Waals surface area contributed by atoms with E-state index in [0.29, 0.717) is 5.76 Å². The Morgan fingerprint density at radius 2 is 1.67 bits per heavy atom. The van der Waals surface area contributed by atoms with Gasteiger partial charge >= 0.3 is 5.97 Å². The van der Waals surface area contributed by atoms with Crippen LogP contribution in [0.25, 0.3) is 0 Å². The number of carboxylic acid groups (broad SMARTS) is 1. The standard InChI is InChI=1S/C20H26O4/c1-19(2,3)13-20(4,5)14-6-8-15(9-7-14)23-12-16-10-11-17(24-16)18(21)22/h6-11H,12-13H2,1-5H3,(H,21,22). The van der Waals surface area contributed by atoms with Gasteiger partial charge in [0.2, 0.25) is 5.76 Å². The van der Waals surface area contributed by atoms with Crippen LogP contribution in [0, 0.1) is 5.41 Å². The van der Waals surface area contributed by atoms with Crippen molar-refractivity contribution >= 4 is 5.97 Å². The molecular formula is C20H26O4. The maximum Gasteiger partial charge on any atom is 0.371 e. The second-order valence-electron chi connectivity index (χ2n) is 8.01. The molecular weight excluding hydrogens is 304 g/mol. The van der Waals surface area contributed by atoms with Crippen LogP contribution in [0.3, 0.4) is 0 Å². The van der Waals surface area contributed by atoms with E-state index in [1.54, 1.807) is 6.07 Å². The summed E-state index contributed by atoms with van der Waals surface area (Å²) in [5.41, 5.74) is 1.63. The fourth-order valence-corrected chi connectivity index (χ4v) is 3.16. The highest BCUT2D eigenvalue weighted by Crippen LogP contribution is 2.36. The van der Waals surface area contributed by atoms with Gasteiger partial charge < -0.3 is 14.3 Å². The Labute approximate surface area is 143 Å². The molecule has 0 amide bonds. The number of hydrogen-bond acceptors (Lipinski definition) is 3. The molecule has 0 aliphatic heterocycles. The van der Waals surface area contributed by atoms with Crippen molar-refractivity contribution in [3.05, 3.63) is 53.5 Å². The zero-order valence-corrected chi connectivity index (χ0v) is 15.1. The van der Waals surface area contributed by atoms with E-state index in [1.165, 1.54) is 11.6 Å². The van der Waals surface area contributed by atoms with Crippen LogP contribution in [0.1, 0.15) is 62.9 Å². The molecule has 130 valence electrons. The quantitative estimate of drug-likeness (QED) is 0.783. The fraction of sp³-hybridized carbons (Fsp3) is 0.450. The van der Waals surface area contributed by atoms with Gasteiger partial charge in [-0.1, -0.05) is 46.8 Å². The van der Waals surface area contributed by atoms with Crippen molar-refractivity contribution in [3.63, 3.8) is 0 Å². The normalized spacial score (nSPS) is 12.2. The summed E-state index contributed by atoms with van der Waals surface area (Å²) in [5, 5.41) is 8.84. The zero-order chi connectivity index (χ0) is 18.0. The largest absolute Gasteiger partial charge is 0.486 e. The van der Waals surface area contributed by atoms with Gasteiger partial charge in [0.25, 0.3) is 0 Å². The summed E-state index contributed by atoms with van der Waals surface area (Å²) in [6.07, 6.45) is 1.09. The van der Waals surface area contributed by atoms with E-state index < -0.39 is 5.97 Å². The molecule has 0 fully saturated rings. The van der Waals surface area contributed by atoms with Gasteiger partial charge in [-0.15, -0.1) is 0 Å². The third-order valence-corrected chi connectivity index (χ3v) is 3.86. The van der Waals surface area contributed by atoms with Crippen LogP contribution in [-0.4, -0.2) is 11.1 Å². The van der Waals surface area contributed by atoms with E-state index in [2.05, 4.69) is 46.8 Å². The van der Waals surface area contributed by atoms with Gasteiger partial charge in [0.1, 0.15) is 18.1 Å². The van der Waals surface area contributed by atoms with E-state index in [9.17, 15) is 4.79 Å². The Hall–Kier alpha value is -2.23. The van der Waals surface area contributed by atoms with Gasteiger partial charge in [-0.25, -0.2) is 4.79 Å². The predicted molar refractivity (Wildman–Crippen MR) is 93.5 cm³/mol. The first-order valence-corrected chi connectivity index (χ1v) is 8.12. The van der Waals surface area contributed by atoms with Gasteiger partial charge in [-0.3, -0.25) is 0 Å². The summed E-state index contributed by atoms with van der Waals surface area (Å²) in [6.45, 7) is 11.5. The first kappa shape index (κ1) is 18.1. The molecule has 0 atom stereocenters. The molecule has 0 aliphatic carbocycles. The fourth-order valence-electron chi connectivity index (χ4n) is 3.16. The first-order valence-electron chi connectivity index (χ1n) is 8.12. The summed E-state index contributed by atoms with van der Waals surface area (Å²) >= 11 is 0. The van der Waals surface area contributed by atoms with Crippen molar-refractivity contribution in [3.8, 4) is 5.75 Å². The topological polar surface area (TPSA) is 59.7 Å². The van der Waals surface area contributed by atoms with Crippen LogP contribution >= 0.6 is 0 Å².